The minimum Gasteiger partial charge on any atom is -0.490 e. The first-order valence-corrected chi connectivity index (χ1v) is 7.04. The van der Waals surface area contributed by atoms with Gasteiger partial charge < -0.3 is 14.7 Å². The molecule has 2 rings (SSSR count). The molecule has 1 aliphatic rings. The topological polar surface area (TPSA) is 77.0 Å². The van der Waals surface area contributed by atoms with Crippen molar-refractivity contribution in [3.8, 4) is 5.75 Å². The number of hydrogen-bond donors (Lipinski definition) is 2. The summed E-state index contributed by atoms with van der Waals surface area (Å²) >= 11 is 0. The first kappa shape index (κ1) is 14.7. The van der Waals surface area contributed by atoms with Crippen LogP contribution in [0.15, 0.2) is 24.3 Å². The molecule has 0 aliphatic carbocycles. The van der Waals surface area contributed by atoms with Crippen LogP contribution in [0.3, 0.4) is 0 Å². The van der Waals surface area contributed by atoms with Crippen molar-refractivity contribution in [3.63, 3.8) is 0 Å². The van der Waals surface area contributed by atoms with Crippen molar-refractivity contribution in [1.29, 1.82) is 0 Å². The summed E-state index contributed by atoms with van der Waals surface area (Å²) < 4.78 is 5.43. The van der Waals surface area contributed by atoms with Gasteiger partial charge in [0.1, 0.15) is 25.0 Å². The Morgan fingerprint density at radius 2 is 2.10 bits per heavy atom. The van der Waals surface area contributed by atoms with Crippen molar-refractivity contribution in [2.45, 2.75) is 25.4 Å². The van der Waals surface area contributed by atoms with Crippen molar-refractivity contribution in [2.24, 2.45) is 0 Å². The molecule has 1 aromatic rings. The van der Waals surface area contributed by atoms with Crippen molar-refractivity contribution >= 4 is 5.69 Å². The molecule has 1 saturated heterocycles. The summed E-state index contributed by atoms with van der Waals surface area (Å²) in [4.78, 5) is 11.6. The maximum atomic E-state index is 10.7. The van der Waals surface area contributed by atoms with E-state index in [1.165, 1.54) is 36.3 Å². The van der Waals surface area contributed by atoms with Gasteiger partial charge in [0.15, 0.2) is 0 Å². The minimum absolute atomic E-state index is 0.00125. The molecule has 0 unspecified atom stereocenters. The van der Waals surface area contributed by atoms with Gasteiger partial charge in [-0.2, -0.15) is 0 Å². The summed E-state index contributed by atoms with van der Waals surface area (Å²) in [5.74, 6) is 0.423. The number of nitro benzene ring substituents is 1. The van der Waals surface area contributed by atoms with Crippen LogP contribution in [0, 0.1) is 10.1 Å². The predicted octanol–water partition coefficient (Wildman–Crippen LogP) is 0.403. The van der Waals surface area contributed by atoms with Crippen LogP contribution in [0.5, 0.6) is 5.75 Å². The van der Waals surface area contributed by atoms with Gasteiger partial charge in [0.2, 0.25) is 0 Å². The Kier molecular flexibility index (Phi) is 5.31. The number of nitrogens with zero attached hydrogens (tertiary/aromatic N) is 1. The van der Waals surface area contributed by atoms with Crippen LogP contribution >= 0.6 is 0 Å². The van der Waals surface area contributed by atoms with E-state index in [1.807, 2.05) is 0 Å². The quantitative estimate of drug-likeness (QED) is 0.584. The third-order valence-electron chi connectivity index (χ3n) is 3.56. The van der Waals surface area contributed by atoms with E-state index in [9.17, 15) is 15.2 Å². The van der Waals surface area contributed by atoms with E-state index in [4.69, 9.17) is 4.74 Å². The summed E-state index contributed by atoms with van der Waals surface area (Å²) in [7, 11) is 0. The number of aliphatic hydroxyl groups is 1. The van der Waals surface area contributed by atoms with Gasteiger partial charge >= 0.3 is 0 Å². The first-order chi connectivity index (χ1) is 9.65. The number of nitrogens with one attached hydrogen (secondary N) is 1. The fourth-order valence-corrected chi connectivity index (χ4v) is 2.53. The van der Waals surface area contributed by atoms with Crippen LogP contribution in [0.2, 0.25) is 0 Å². The number of non-ortho nitro benzene ring substituents is 1. The number of ether oxygens (including phenoxy) is 1. The van der Waals surface area contributed by atoms with E-state index in [2.05, 4.69) is 0 Å². The van der Waals surface area contributed by atoms with Crippen LogP contribution in [-0.2, 0) is 0 Å². The Labute approximate surface area is 118 Å². The third kappa shape index (κ3) is 4.47. The molecule has 1 atom stereocenters. The lowest BCUT2D eigenvalue weighted by Gasteiger charge is -2.25. The number of nitro groups is 1. The van der Waals surface area contributed by atoms with Gasteiger partial charge in [0, 0.05) is 6.07 Å². The molecule has 0 amide bonds. The molecule has 6 heteroatoms. The average molecular weight is 281 g/mol. The standard InChI is InChI=1S/C14H20N2O4/c17-13(10-15-7-2-1-3-8-15)11-20-14-6-4-5-12(9-14)16(18)19/h4-6,9,13,17H,1-3,7-8,10-11H2/p+1/t13-/m0/s1. The first-order valence-electron chi connectivity index (χ1n) is 7.04. The molecule has 1 aromatic carbocycles. The van der Waals surface area contributed by atoms with E-state index in [0.29, 0.717) is 12.3 Å². The van der Waals surface area contributed by atoms with Crippen LogP contribution in [0.25, 0.3) is 0 Å². The minimum atomic E-state index is -0.539. The average Bonchev–Trinajstić information content (AvgIpc) is 2.46. The summed E-state index contributed by atoms with van der Waals surface area (Å²) in [6.45, 7) is 3.06. The van der Waals surface area contributed by atoms with E-state index >= 15 is 0 Å². The van der Waals surface area contributed by atoms with Gasteiger partial charge in [-0.25, -0.2) is 0 Å². The Bertz CT molecular complexity index is 447. The van der Waals surface area contributed by atoms with E-state index in [1.54, 1.807) is 12.1 Å². The van der Waals surface area contributed by atoms with Gasteiger partial charge in [-0.15, -0.1) is 0 Å². The molecule has 20 heavy (non-hydrogen) atoms. The fraction of sp³-hybridized carbons (Fsp3) is 0.571. The lowest BCUT2D eigenvalue weighted by molar-refractivity contribution is -0.908. The number of aliphatic hydroxyl groups excluding tert-OH is 1. The van der Waals surface area contributed by atoms with Gasteiger partial charge in [-0.3, -0.25) is 10.1 Å². The molecule has 2 N–H and O–H groups in total. The zero-order valence-electron chi connectivity index (χ0n) is 11.5. The SMILES string of the molecule is O=[N+]([O-])c1cccc(OC[C@@H](O)C[NH+]2CCCCC2)c1. The van der Waals surface area contributed by atoms with Crippen molar-refractivity contribution in [1.82, 2.24) is 0 Å². The molecular formula is C14H21N2O4+. The Morgan fingerprint density at radius 3 is 2.80 bits per heavy atom. The molecule has 6 nitrogen and oxygen atoms in total. The zero-order chi connectivity index (χ0) is 14.4. The zero-order valence-corrected chi connectivity index (χ0v) is 11.5. The molecule has 0 bridgehead atoms. The highest BCUT2D eigenvalue weighted by molar-refractivity contribution is 5.37. The molecule has 1 aliphatic heterocycles. The maximum Gasteiger partial charge on any atom is 0.273 e. The number of likely N-dealkylation sites (tertiary alicyclic amines) is 1. The number of benzene rings is 1. The molecule has 1 heterocycles. The summed E-state index contributed by atoms with van der Waals surface area (Å²) in [6.07, 6.45) is 3.17. The molecule has 0 aromatic heterocycles. The second kappa shape index (κ2) is 7.21. The van der Waals surface area contributed by atoms with Crippen LogP contribution < -0.4 is 9.64 Å². The fourth-order valence-electron chi connectivity index (χ4n) is 2.53. The van der Waals surface area contributed by atoms with Crippen molar-refractivity contribution in [3.05, 3.63) is 34.4 Å². The van der Waals surface area contributed by atoms with E-state index in [-0.39, 0.29) is 12.3 Å². The molecule has 1 fully saturated rings. The second-order valence-corrected chi connectivity index (χ2v) is 5.23. The highest BCUT2D eigenvalue weighted by Crippen LogP contribution is 2.19. The van der Waals surface area contributed by atoms with Gasteiger partial charge in [0.05, 0.1) is 24.1 Å². The Morgan fingerprint density at radius 1 is 1.35 bits per heavy atom. The van der Waals surface area contributed by atoms with Crippen LogP contribution in [-0.4, -0.2) is 42.4 Å². The molecule has 0 radical (unpaired) electrons. The lowest BCUT2D eigenvalue weighted by Crippen LogP contribution is -3.14. The lowest BCUT2D eigenvalue weighted by atomic mass is 10.1. The van der Waals surface area contributed by atoms with E-state index in [0.717, 1.165) is 13.1 Å². The number of piperidine rings is 1. The summed E-state index contributed by atoms with van der Waals surface area (Å²) in [5.41, 5.74) is -0.00125. The Balaban J connectivity index is 1.78. The number of hydrogen-bond acceptors (Lipinski definition) is 4. The van der Waals surface area contributed by atoms with Gasteiger partial charge in [0.25, 0.3) is 5.69 Å². The highest BCUT2D eigenvalue weighted by Gasteiger charge is 2.18. The molecular weight excluding hydrogens is 260 g/mol. The Hall–Kier alpha value is -1.66. The molecule has 0 spiro atoms. The smallest absolute Gasteiger partial charge is 0.273 e. The van der Waals surface area contributed by atoms with Gasteiger partial charge in [-0.1, -0.05) is 6.07 Å². The maximum absolute atomic E-state index is 10.7. The van der Waals surface area contributed by atoms with Crippen molar-refractivity contribution < 1.29 is 19.7 Å². The normalized spacial score (nSPS) is 17.6. The van der Waals surface area contributed by atoms with E-state index < -0.39 is 11.0 Å². The molecule has 0 saturated carbocycles. The second-order valence-electron chi connectivity index (χ2n) is 5.23. The summed E-state index contributed by atoms with van der Waals surface area (Å²) in [5, 5.41) is 20.6. The van der Waals surface area contributed by atoms with Crippen LogP contribution in [0.4, 0.5) is 5.69 Å². The van der Waals surface area contributed by atoms with Crippen molar-refractivity contribution in [2.75, 3.05) is 26.2 Å². The molecule has 110 valence electrons. The van der Waals surface area contributed by atoms with Gasteiger partial charge in [-0.05, 0) is 25.3 Å². The predicted molar refractivity (Wildman–Crippen MR) is 74.0 cm³/mol. The third-order valence-corrected chi connectivity index (χ3v) is 3.56. The van der Waals surface area contributed by atoms with Crippen LogP contribution in [0.1, 0.15) is 19.3 Å². The summed E-state index contributed by atoms with van der Waals surface area (Å²) in [6, 6.07) is 6.03. The number of quaternary nitrogens is 1. The monoisotopic (exact) mass is 281 g/mol. The highest BCUT2D eigenvalue weighted by atomic mass is 16.6. The largest absolute Gasteiger partial charge is 0.490 e. The number of rotatable bonds is 6.